The van der Waals surface area contributed by atoms with Crippen LogP contribution >= 0.6 is 0 Å². The predicted molar refractivity (Wildman–Crippen MR) is 111 cm³/mol. The standard InChI is InChI=1S/C20H17N6O4/c1-30-15-5-3-2-4-12(15)10-26-18-16(23-20(26)29)17(21-11-27)24-19(25-18)22-13-6-8-14(28)9-7-13/h2-9,28H,10H2,1H3,(H,23,29)(H2,21,22,24,25,27). The Kier molecular flexibility index (Phi) is 5.04. The lowest BCUT2D eigenvalue weighted by Crippen LogP contribution is -2.18. The summed E-state index contributed by atoms with van der Waals surface area (Å²) in [5.74, 6) is 1.01. The van der Waals surface area contributed by atoms with Gasteiger partial charge in [0.2, 0.25) is 5.95 Å². The van der Waals surface area contributed by atoms with E-state index < -0.39 is 5.69 Å². The second-order valence-electron chi connectivity index (χ2n) is 6.32. The fourth-order valence-electron chi connectivity index (χ4n) is 3.05. The zero-order chi connectivity index (χ0) is 21.1. The fourth-order valence-corrected chi connectivity index (χ4v) is 3.05. The number of aromatic nitrogens is 4. The maximum Gasteiger partial charge on any atom is 0.328 e. The molecule has 1 amide bonds. The van der Waals surface area contributed by atoms with Gasteiger partial charge in [0.1, 0.15) is 17.0 Å². The Balaban J connectivity index is 1.81. The number of fused-ring (bicyclic) bond motifs is 1. The number of phenolic OH excluding ortho intramolecular Hbond substituents is 1. The minimum absolute atomic E-state index is 0.104. The number of aromatic hydroxyl groups is 1. The van der Waals surface area contributed by atoms with E-state index in [0.717, 1.165) is 5.56 Å². The second kappa shape index (κ2) is 7.95. The molecule has 4 aromatic rings. The Labute approximate surface area is 170 Å². The van der Waals surface area contributed by atoms with E-state index in [1.165, 1.54) is 16.7 Å². The number of H-pyrrole nitrogens is 1. The molecule has 2 heterocycles. The van der Waals surface area contributed by atoms with Crippen molar-refractivity contribution in [2.45, 2.75) is 6.54 Å². The number of para-hydroxylation sites is 1. The van der Waals surface area contributed by atoms with Gasteiger partial charge in [-0.05, 0) is 30.3 Å². The lowest BCUT2D eigenvalue weighted by molar-refractivity contribution is 0.408. The monoisotopic (exact) mass is 405 g/mol. The summed E-state index contributed by atoms with van der Waals surface area (Å²) in [5, 5.41) is 14.8. The van der Waals surface area contributed by atoms with Gasteiger partial charge in [0.05, 0.1) is 13.7 Å². The Bertz CT molecular complexity index is 1260. The molecule has 0 aliphatic rings. The van der Waals surface area contributed by atoms with Gasteiger partial charge in [-0.3, -0.25) is 9.36 Å². The highest BCUT2D eigenvalue weighted by Crippen LogP contribution is 2.24. The van der Waals surface area contributed by atoms with Crippen LogP contribution in [0.3, 0.4) is 0 Å². The van der Waals surface area contributed by atoms with E-state index in [0.29, 0.717) is 17.1 Å². The molecule has 0 bridgehead atoms. The summed E-state index contributed by atoms with van der Waals surface area (Å²) in [5.41, 5.74) is 1.55. The third kappa shape index (κ3) is 3.65. The molecule has 151 valence electrons. The highest BCUT2D eigenvalue weighted by molar-refractivity contribution is 5.90. The smallest absolute Gasteiger partial charge is 0.328 e. The molecule has 0 spiro atoms. The number of aromatic amines is 1. The van der Waals surface area contributed by atoms with Crippen molar-refractivity contribution in [2.75, 3.05) is 17.7 Å². The number of ether oxygens (including phenoxy) is 1. The van der Waals surface area contributed by atoms with E-state index in [2.05, 4.69) is 25.6 Å². The molecule has 0 saturated carbocycles. The predicted octanol–water partition coefficient (Wildman–Crippen LogP) is 2.10. The van der Waals surface area contributed by atoms with Crippen molar-refractivity contribution in [3.05, 3.63) is 64.6 Å². The zero-order valence-electron chi connectivity index (χ0n) is 15.8. The number of anilines is 3. The summed E-state index contributed by atoms with van der Waals surface area (Å²) in [4.78, 5) is 34.9. The van der Waals surface area contributed by atoms with Crippen molar-refractivity contribution in [1.82, 2.24) is 19.5 Å². The van der Waals surface area contributed by atoms with Gasteiger partial charge in [0, 0.05) is 11.3 Å². The number of methoxy groups -OCH3 is 1. The minimum atomic E-state index is -0.416. The van der Waals surface area contributed by atoms with Gasteiger partial charge in [-0.1, -0.05) is 18.2 Å². The number of phenols is 1. The average Bonchev–Trinajstić information content (AvgIpc) is 3.06. The Morgan fingerprint density at radius 2 is 1.93 bits per heavy atom. The molecular formula is C20H17N6O4. The molecule has 10 heteroatoms. The van der Waals surface area contributed by atoms with Crippen LogP contribution < -0.4 is 21.1 Å². The van der Waals surface area contributed by atoms with Crippen LogP contribution in [0.5, 0.6) is 11.5 Å². The SMILES string of the molecule is COc1ccccc1Cn1c(=O)[nH]c2c(N[C]=O)nc(Nc3ccc(O)cc3)nc21. The van der Waals surface area contributed by atoms with Crippen LogP contribution in [0.25, 0.3) is 11.2 Å². The van der Waals surface area contributed by atoms with Gasteiger partial charge in [-0.15, -0.1) is 0 Å². The maximum absolute atomic E-state index is 12.6. The van der Waals surface area contributed by atoms with Crippen LogP contribution in [-0.2, 0) is 11.3 Å². The Morgan fingerprint density at radius 1 is 1.17 bits per heavy atom. The number of carbonyl (C=O) groups excluding carboxylic acids is 1. The van der Waals surface area contributed by atoms with E-state index in [1.807, 2.05) is 18.2 Å². The van der Waals surface area contributed by atoms with Crippen molar-refractivity contribution in [3.8, 4) is 11.5 Å². The number of nitrogens with one attached hydrogen (secondary N) is 3. The first-order valence-corrected chi connectivity index (χ1v) is 8.90. The molecule has 4 rings (SSSR count). The van der Waals surface area contributed by atoms with Gasteiger partial charge in [0.25, 0.3) is 0 Å². The van der Waals surface area contributed by atoms with Crippen LogP contribution in [-0.4, -0.2) is 38.1 Å². The molecule has 0 aliphatic heterocycles. The molecule has 30 heavy (non-hydrogen) atoms. The van der Waals surface area contributed by atoms with Gasteiger partial charge in [-0.25, -0.2) is 4.79 Å². The fraction of sp³-hybridized carbons (Fsp3) is 0.100. The van der Waals surface area contributed by atoms with Crippen LogP contribution in [0, 0.1) is 0 Å². The topological polar surface area (TPSA) is 134 Å². The van der Waals surface area contributed by atoms with Crippen LogP contribution in [0.15, 0.2) is 53.3 Å². The van der Waals surface area contributed by atoms with E-state index in [4.69, 9.17) is 4.74 Å². The first-order valence-electron chi connectivity index (χ1n) is 8.90. The molecule has 2 aromatic heterocycles. The number of benzene rings is 2. The van der Waals surface area contributed by atoms with Crippen molar-refractivity contribution < 1.29 is 14.6 Å². The van der Waals surface area contributed by atoms with E-state index in [1.54, 1.807) is 31.7 Å². The summed E-state index contributed by atoms with van der Waals surface area (Å²) >= 11 is 0. The van der Waals surface area contributed by atoms with Crippen LogP contribution in [0.4, 0.5) is 17.5 Å². The number of hydrogen-bond donors (Lipinski definition) is 4. The third-order valence-corrected chi connectivity index (χ3v) is 4.44. The maximum atomic E-state index is 12.6. The van der Waals surface area contributed by atoms with Crippen molar-refractivity contribution in [2.24, 2.45) is 0 Å². The Hall–Kier alpha value is -4.34. The third-order valence-electron chi connectivity index (χ3n) is 4.44. The summed E-state index contributed by atoms with van der Waals surface area (Å²) < 4.78 is 6.79. The van der Waals surface area contributed by atoms with Gasteiger partial charge in [0.15, 0.2) is 11.5 Å². The highest BCUT2D eigenvalue weighted by Gasteiger charge is 2.17. The van der Waals surface area contributed by atoms with Crippen molar-refractivity contribution >= 4 is 35.0 Å². The first kappa shape index (κ1) is 19.0. The number of rotatable bonds is 7. The number of nitrogens with zero attached hydrogens (tertiary/aromatic N) is 3. The number of amides is 1. The van der Waals surface area contributed by atoms with Gasteiger partial charge >= 0.3 is 12.1 Å². The van der Waals surface area contributed by atoms with Crippen molar-refractivity contribution in [3.63, 3.8) is 0 Å². The summed E-state index contributed by atoms with van der Waals surface area (Å²) in [6.45, 7) is 0.197. The molecule has 0 fully saturated rings. The molecule has 4 N–H and O–H groups in total. The molecular weight excluding hydrogens is 388 g/mol. The normalized spacial score (nSPS) is 10.7. The molecule has 2 aromatic carbocycles. The van der Waals surface area contributed by atoms with Gasteiger partial charge in [-0.2, -0.15) is 9.97 Å². The largest absolute Gasteiger partial charge is 0.508 e. The second-order valence-corrected chi connectivity index (χ2v) is 6.32. The highest BCUT2D eigenvalue weighted by atomic mass is 16.5. The van der Waals surface area contributed by atoms with Crippen molar-refractivity contribution in [1.29, 1.82) is 0 Å². The quantitative estimate of drug-likeness (QED) is 0.273. The summed E-state index contributed by atoms with van der Waals surface area (Å²) in [6, 6.07) is 13.6. The molecule has 0 saturated heterocycles. The molecule has 0 aliphatic carbocycles. The first-order chi connectivity index (χ1) is 14.6. The van der Waals surface area contributed by atoms with Crippen LogP contribution in [0.2, 0.25) is 0 Å². The number of imidazole rings is 1. The minimum Gasteiger partial charge on any atom is -0.508 e. The molecule has 10 nitrogen and oxygen atoms in total. The van der Waals surface area contributed by atoms with E-state index in [9.17, 15) is 14.7 Å². The lowest BCUT2D eigenvalue weighted by Gasteiger charge is -2.10. The molecule has 0 unspecified atom stereocenters. The summed E-state index contributed by atoms with van der Waals surface area (Å²) in [7, 11) is 1.56. The summed E-state index contributed by atoms with van der Waals surface area (Å²) in [6.07, 6.45) is 1.57. The molecule has 1 radical (unpaired) electrons. The van der Waals surface area contributed by atoms with Gasteiger partial charge < -0.3 is 25.5 Å². The van der Waals surface area contributed by atoms with E-state index in [-0.39, 0.29) is 29.6 Å². The lowest BCUT2D eigenvalue weighted by atomic mass is 10.2. The van der Waals surface area contributed by atoms with Crippen LogP contribution in [0.1, 0.15) is 5.56 Å². The zero-order valence-corrected chi connectivity index (χ0v) is 15.8. The van der Waals surface area contributed by atoms with E-state index >= 15 is 0 Å². The average molecular weight is 405 g/mol. The Morgan fingerprint density at radius 3 is 2.67 bits per heavy atom. The molecule has 0 atom stereocenters. The number of hydrogen-bond acceptors (Lipinski definition) is 7.